The summed E-state index contributed by atoms with van der Waals surface area (Å²) in [7, 11) is 1.61. The molecule has 0 heterocycles. The standard InChI is InChI=1S/C23H29ClN2O3S/c1-16(2)25-23(28)17(3)26(15-18-6-5-7-20(14-18)29-4)22(27)12-13-30-21-10-8-19(24)9-11-21/h5-11,14,16-17H,12-13,15H2,1-4H3,(H,25,28)/t17-/m0/s1. The molecule has 0 fully saturated rings. The average Bonchev–Trinajstić information content (AvgIpc) is 2.72. The number of amides is 2. The molecule has 0 saturated carbocycles. The molecule has 2 aromatic rings. The fourth-order valence-corrected chi connectivity index (χ4v) is 3.85. The van der Waals surface area contributed by atoms with Gasteiger partial charge in [0.25, 0.3) is 0 Å². The molecule has 5 nitrogen and oxygen atoms in total. The summed E-state index contributed by atoms with van der Waals surface area (Å²) < 4.78 is 5.28. The first-order valence-electron chi connectivity index (χ1n) is 9.91. The molecule has 7 heteroatoms. The number of thioether (sulfide) groups is 1. The zero-order valence-corrected chi connectivity index (χ0v) is 19.4. The summed E-state index contributed by atoms with van der Waals surface area (Å²) in [5.41, 5.74) is 0.914. The second kappa shape index (κ2) is 11.9. The molecule has 2 rings (SSSR count). The lowest BCUT2D eigenvalue weighted by Gasteiger charge is -2.29. The Morgan fingerprint density at radius 1 is 1.13 bits per heavy atom. The molecule has 0 spiro atoms. The van der Waals surface area contributed by atoms with E-state index in [4.69, 9.17) is 16.3 Å². The van der Waals surface area contributed by atoms with Gasteiger partial charge in [0.2, 0.25) is 11.8 Å². The summed E-state index contributed by atoms with van der Waals surface area (Å²) in [5, 5.41) is 3.58. The van der Waals surface area contributed by atoms with E-state index >= 15 is 0 Å². The van der Waals surface area contributed by atoms with Crippen LogP contribution in [0.3, 0.4) is 0 Å². The molecule has 0 bridgehead atoms. The third kappa shape index (κ3) is 7.58. The lowest BCUT2D eigenvalue weighted by atomic mass is 10.1. The maximum atomic E-state index is 13.1. The summed E-state index contributed by atoms with van der Waals surface area (Å²) in [5.74, 6) is 1.11. The van der Waals surface area contributed by atoms with Crippen LogP contribution in [0.1, 0.15) is 32.8 Å². The van der Waals surface area contributed by atoms with Gasteiger partial charge in [-0.3, -0.25) is 9.59 Å². The summed E-state index contributed by atoms with van der Waals surface area (Å²) in [6, 6.07) is 14.5. The fourth-order valence-electron chi connectivity index (χ4n) is 2.89. The van der Waals surface area contributed by atoms with E-state index in [2.05, 4.69) is 5.32 Å². The van der Waals surface area contributed by atoms with Crippen molar-refractivity contribution in [1.82, 2.24) is 10.2 Å². The Morgan fingerprint density at radius 2 is 1.83 bits per heavy atom. The highest BCUT2D eigenvalue weighted by Crippen LogP contribution is 2.22. The number of hydrogen-bond donors (Lipinski definition) is 1. The van der Waals surface area contributed by atoms with Gasteiger partial charge in [-0.1, -0.05) is 23.7 Å². The molecule has 0 aromatic heterocycles. The van der Waals surface area contributed by atoms with E-state index in [1.54, 1.807) is 30.7 Å². The van der Waals surface area contributed by atoms with Crippen LogP contribution < -0.4 is 10.1 Å². The molecule has 0 aliphatic heterocycles. The van der Waals surface area contributed by atoms with Crippen molar-refractivity contribution in [2.45, 2.75) is 50.7 Å². The Bertz CT molecular complexity index is 843. The predicted molar refractivity (Wildman–Crippen MR) is 123 cm³/mol. The van der Waals surface area contributed by atoms with Crippen molar-refractivity contribution in [3.63, 3.8) is 0 Å². The summed E-state index contributed by atoms with van der Waals surface area (Å²) in [6.07, 6.45) is 0.330. The van der Waals surface area contributed by atoms with E-state index in [0.717, 1.165) is 16.2 Å². The monoisotopic (exact) mass is 448 g/mol. The second-order valence-electron chi connectivity index (χ2n) is 7.26. The highest BCUT2D eigenvalue weighted by Gasteiger charge is 2.26. The summed E-state index contributed by atoms with van der Waals surface area (Å²) >= 11 is 7.51. The molecule has 0 unspecified atom stereocenters. The van der Waals surface area contributed by atoms with Crippen LogP contribution in [0.5, 0.6) is 5.75 Å². The zero-order valence-electron chi connectivity index (χ0n) is 17.9. The quantitative estimate of drug-likeness (QED) is 0.532. The van der Waals surface area contributed by atoms with E-state index < -0.39 is 6.04 Å². The third-order valence-corrected chi connectivity index (χ3v) is 5.75. The minimum atomic E-state index is -0.577. The zero-order chi connectivity index (χ0) is 22.1. The molecule has 162 valence electrons. The number of nitrogens with zero attached hydrogens (tertiary/aromatic N) is 1. The Labute approximate surface area is 188 Å². The Morgan fingerprint density at radius 3 is 2.47 bits per heavy atom. The molecule has 0 saturated heterocycles. The molecule has 2 amide bonds. The maximum absolute atomic E-state index is 13.1. The SMILES string of the molecule is COc1cccc(CN(C(=O)CCSc2ccc(Cl)cc2)[C@@H](C)C(=O)NC(C)C)c1. The number of ether oxygens (including phenoxy) is 1. The molecule has 1 atom stereocenters. The molecular formula is C23H29ClN2O3S. The molecular weight excluding hydrogens is 420 g/mol. The van der Waals surface area contributed by atoms with Crippen molar-refractivity contribution in [2.75, 3.05) is 12.9 Å². The van der Waals surface area contributed by atoms with Gasteiger partial charge in [0.15, 0.2) is 0 Å². The fraction of sp³-hybridized carbons (Fsp3) is 0.391. The lowest BCUT2D eigenvalue weighted by Crippen LogP contribution is -2.49. The summed E-state index contributed by atoms with van der Waals surface area (Å²) in [6.45, 7) is 5.92. The Hall–Kier alpha value is -2.18. The first-order chi connectivity index (χ1) is 14.3. The van der Waals surface area contributed by atoms with Crippen molar-refractivity contribution in [1.29, 1.82) is 0 Å². The van der Waals surface area contributed by atoms with E-state index in [9.17, 15) is 9.59 Å². The Kier molecular flexibility index (Phi) is 9.53. The molecule has 1 N–H and O–H groups in total. The van der Waals surface area contributed by atoms with Crippen LogP contribution in [0.25, 0.3) is 0 Å². The summed E-state index contributed by atoms with van der Waals surface area (Å²) in [4.78, 5) is 28.3. The number of carbonyl (C=O) groups excluding carboxylic acids is 2. The first-order valence-corrected chi connectivity index (χ1v) is 11.3. The third-order valence-electron chi connectivity index (χ3n) is 4.48. The topological polar surface area (TPSA) is 58.6 Å². The normalized spacial score (nSPS) is 11.8. The van der Waals surface area contributed by atoms with E-state index in [-0.39, 0.29) is 17.9 Å². The number of carbonyl (C=O) groups is 2. The minimum Gasteiger partial charge on any atom is -0.497 e. The van der Waals surface area contributed by atoms with Crippen molar-refractivity contribution < 1.29 is 14.3 Å². The number of halogens is 1. The molecule has 30 heavy (non-hydrogen) atoms. The van der Waals surface area contributed by atoms with Crippen LogP contribution in [-0.4, -0.2) is 41.7 Å². The van der Waals surface area contributed by atoms with Crippen molar-refractivity contribution in [3.05, 3.63) is 59.1 Å². The predicted octanol–water partition coefficient (Wildman–Crippen LogP) is 4.77. The highest BCUT2D eigenvalue weighted by atomic mass is 35.5. The van der Waals surface area contributed by atoms with E-state index in [1.807, 2.05) is 62.4 Å². The van der Waals surface area contributed by atoms with E-state index in [0.29, 0.717) is 23.7 Å². The van der Waals surface area contributed by atoms with Crippen molar-refractivity contribution in [3.8, 4) is 5.75 Å². The molecule has 0 aliphatic rings. The number of benzene rings is 2. The minimum absolute atomic E-state index is 0.00850. The molecule has 0 radical (unpaired) electrons. The van der Waals surface area contributed by atoms with Gasteiger partial charge < -0.3 is 15.0 Å². The van der Waals surface area contributed by atoms with Gasteiger partial charge in [-0.05, 0) is 62.7 Å². The second-order valence-corrected chi connectivity index (χ2v) is 8.87. The number of methoxy groups -OCH3 is 1. The largest absolute Gasteiger partial charge is 0.497 e. The number of rotatable bonds is 10. The average molecular weight is 449 g/mol. The van der Waals surface area contributed by atoms with Gasteiger partial charge in [-0.2, -0.15) is 0 Å². The van der Waals surface area contributed by atoms with Gasteiger partial charge >= 0.3 is 0 Å². The van der Waals surface area contributed by atoms with Gasteiger partial charge in [0, 0.05) is 34.7 Å². The van der Waals surface area contributed by atoms with Crippen molar-refractivity contribution >= 4 is 35.2 Å². The lowest BCUT2D eigenvalue weighted by molar-refractivity contribution is -0.140. The van der Waals surface area contributed by atoms with Gasteiger partial charge in [-0.25, -0.2) is 0 Å². The smallest absolute Gasteiger partial charge is 0.242 e. The van der Waals surface area contributed by atoms with Crippen LogP contribution in [-0.2, 0) is 16.1 Å². The highest BCUT2D eigenvalue weighted by molar-refractivity contribution is 7.99. The van der Waals surface area contributed by atoms with E-state index in [1.165, 1.54) is 0 Å². The van der Waals surface area contributed by atoms with Crippen LogP contribution in [0.2, 0.25) is 5.02 Å². The number of nitrogens with one attached hydrogen (secondary N) is 1. The van der Waals surface area contributed by atoms with Crippen molar-refractivity contribution in [2.24, 2.45) is 0 Å². The maximum Gasteiger partial charge on any atom is 0.242 e. The van der Waals surface area contributed by atoms with Crippen LogP contribution in [0.4, 0.5) is 0 Å². The number of hydrogen-bond acceptors (Lipinski definition) is 4. The van der Waals surface area contributed by atoms with Crippen LogP contribution >= 0.6 is 23.4 Å². The molecule has 0 aliphatic carbocycles. The first kappa shape index (κ1) is 24.1. The van der Waals surface area contributed by atoms with Gasteiger partial charge in [0.05, 0.1) is 7.11 Å². The Balaban J connectivity index is 2.08. The molecule has 2 aromatic carbocycles. The van der Waals surface area contributed by atoms with Crippen LogP contribution in [0.15, 0.2) is 53.4 Å². The van der Waals surface area contributed by atoms with Crippen LogP contribution in [0, 0.1) is 0 Å². The van der Waals surface area contributed by atoms with Gasteiger partial charge in [-0.15, -0.1) is 11.8 Å². The van der Waals surface area contributed by atoms with Gasteiger partial charge in [0.1, 0.15) is 11.8 Å².